The molecule has 23 heavy (non-hydrogen) atoms. The predicted octanol–water partition coefficient (Wildman–Crippen LogP) is 2.08. The highest BCUT2D eigenvalue weighted by Crippen LogP contribution is 2.31. The van der Waals surface area contributed by atoms with Crippen molar-refractivity contribution in [2.75, 3.05) is 13.1 Å². The molecule has 1 aliphatic heterocycles. The number of likely N-dealkylation sites (tertiary alicyclic amines) is 1. The number of piperidine rings is 1. The lowest BCUT2D eigenvalue weighted by Crippen LogP contribution is -2.45. The molecule has 1 amide bonds. The maximum atomic E-state index is 12.5. The second kappa shape index (κ2) is 6.19. The van der Waals surface area contributed by atoms with Crippen LogP contribution >= 0.6 is 0 Å². The van der Waals surface area contributed by atoms with Gasteiger partial charge in [0.1, 0.15) is 5.60 Å². The summed E-state index contributed by atoms with van der Waals surface area (Å²) in [4.78, 5) is 18.5. The van der Waals surface area contributed by atoms with Gasteiger partial charge in [-0.1, -0.05) is 12.1 Å². The maximum absolute atomic E-state index is 12.5. The van der Waals surface area contributed by atoms with Crippen molar-refractivity contribution in [3.63, 3.8) is 0 Å². The van der Waals surface area contributed by atoms with E-state index in [-0.39, 0.29) is 5.91 Å². The van der Waals surface area contributed by atoms with Crippen molar-refractivity contribution >= 4 is 5.91 Å². The zero-order valence-electron chi connectivity index (χ0n) is 12.6. The number of carbonyl (C=O) groups excluding carboxylic acids is 1. The van der Waals surface area contributed by atoms with E-state index in [0.29, 0.717) is 42.8 Å². The third kappa shape index (κ3) is 3.08. The molecule has 1 aromatic carbocycles. The number of aliphatic hydroxyl groups is 1. The van der Waals surface area contributed by atoms with E-state index in [1.54, 1.807) is 35.4 Å². The molecule has 5 heteroatoms. The molecule has 0 aliphatic carbocycles. The average molecular weight is 307 g/mol. The SMILES string of the molecule is N#Cc1cccc(C(=O)N2CCC(O)(c3ccccn3)CC2)c1. The summed E-state index contributed by atoms with van der Waals surface area (Å²) < 4.78 is 0. The van der Waals surface area contributed by atoms with Crippen LogP contribution in [0, 0.1) is 11.3 Å². The highest BCUT2D eigenvalue weighted by Gasteiger charge is 2.36. The lowest BCUT2D eigenvalue weighted by molar-refractivity contribution is -0.0244. The molecule has 1 fully saturated rings. The molecule has 0 atom stereocenters. The number of amides is 1. The zero-order valence-corrected chi connectivity index (χ0v) is 12.6. The summed E-state index contributed by atoms with van der Waals surface area (Å²) in [5.41, 5.74) is 0.649. The standard InChI is InChI=1S/C18H17N3O2/c19-13-14-4-3-5-15(12-14)17(22)21-10-7-18(23,8-11-21)16-6-1-2-9-20-16/h1-6,9,12,23H,7-8,10-11H2. The minimum atomic E-state index is -0.980. The van der Waals surface area contributed by atoms with Gasteiger partial charge in [-0.25, -0.2) is 0 Å². The van der Waals surface area contributed by atoms with E-state index in [1.807, 2.05) is 24.3 Å². The minimum Gasteiger partial charge on any atom is -0.383 e. The van der Waals surface area contributed by atoms with Crippen LogP contribution in [0.3, 0.4) is 0 Å². The van der Waals surface area contributed by atoms with E-state index in [1.165, 1.54) is 0 Å². The van der Waals surface area contributed by atoms with Crippen molar-refractivity contribution in [1.82, 2.24) is 9.88 Å². The molecule has 1 aromatic heterocycles. The predicted molar refractivity (Wildman–Crippen MR) is 84.4 cm³/mol. The molecular weight excluding hydrogens is 290 g/mol. The van der Waals surface area contributed by atoms with Gasteiger partial charge in [-0.2, -0.15) is 5.26 Å². The molecule has 0 unspecified atom stereocenters. The summed E-state index contributed by atoms with van der Waals surface area (Å²) in [6.07, 6.45) is 2.57. The largest absolute Gasteiger partial charge is 0.383 e. The van der Waals surface area contributed by atoms with Crippen LogP contribution in [0.5, 0.6) is 0 Å². The Morgan fingerprint density at radius 1 is 1.22 bits per heavy atom. The number of benzene rings is 1. The Labute approximate surface area is 134 Å². The molecule has 0 bridgehead atoms. The van der Waals surface area contributed by atoms with Crippen LogP contribution < -0.4 is 0 Å². The number of nitriles is 1. The molecule has 2 aromatic rings. The van der Waals surface area contributed by atoms with Gasteiger partial charge in [0.05, 0.1) is 17.3 Å². The first-order valence-corrected chi connectivity index (χ1v) is 7.56. The Hall–Kier alpha value is -2.71. The van der Waals surface area contributed by atoms with Crippen molar-refractivity contribution in [2.45, 2.75) is 18.4 Å². The molecule has 0 spiro atoms. The number of hydrogen-bond acceptors (Lipinski definition) is 4. The number of rotatable bonds is 2. The van der Waals surface area contributed by atoms with Gasteiger partial charge in [-0.15, -0.1) is 0 Å². The first-order valence-electron chi connectivity index (χ1n) is 7.56. The molecule has 116 valence electrons. The molecule has 3 rings (SSSR count). The van der Waals surface area contributed by atoms with Crippen LogP contribution in [0.15, 0.2) is 48.7 Å². The monoisotopic (exact) mass is 307 g/mol. The minimum absolute atomic E-state index is 0.106. The van der Waals surface area contributed by atoms with E-state index in [9.17, 15) is 9.90 Å². The number of aromatic nitrogens is 1. The Morgan fingerprint density at radius 2 is 2.00 bits per heavy atom. The lowest BCUT2D eigenvalue weighted by Gasteiger charge is -2.37. The van der Waals surface area contributed by atoms with Gasteiger partial charge in [0.15, 0.2) is 0 Å². The summed E-state index contributed by atoms with van der Waals surface area (Å²) in [6, 6.07) is 14.2. The Morgan fingerprint density at radius 3 is 2.65 bits per heavy atom. The second-order valence-electron chi connectivity index (χ2n) is 5.73. The molecule has 1 N–H and O–H groups in total. The van der Waals surface area contributed by atoms with Crippen molar-refractivity contribution in [2.24, 2.45) is 0 Å². The molecular formula is C18H17N3O2. The van der Waals surface area contributed by atoms with E-state index in [4.69, 9.17) is 5.26 Å². The van der Waals surface area contributed by atoms with Crippen molar-refractivity contribution in [3.8, 4) is 6.07 Å². The summed E-state index contributed by atoms with van der Waals surface area (Å²) in [7, 11) is 0. The third-order valence-electron chi connectivity index (χ3n) is 4.26. The Kier molecular flexibility index (Phi) is 4.09. The second-order valence-corrected chi connectivity index (χ2v) is 5.73. The van der Waals surface area contributed by atoms with E-state index < -0.39 is 5.60 Å². The summed E-state index contributed by atoms with van der Waals surface area (Å²) in [5.74, 6) is -0.106. The van der Waals surface area contributed by atoms with Crippen LogP contribution in [-0.2, 0) is 5.60 Å². The molecule has 5 nitrogen and oxygen atoms in total. The van der Waals surface area contributed by atoms with Crippen molar-refractivity contribution in [3.05, 3.63) is 65.5 Å². The number of nitrogens with zero attached hydrogens (tertiary/aromatic N) is 3. The van der Waals surface area contributed by atoms with E-state index in [2.05, 4.69) is 4.98 Å². The highest BCUT2D eigenvalue weighted by atomic mass is 16.3. The quantitative estimate of drug-likeness (QED) is 0.921. The number of carbonyl (C=O) groups is 1. The average Bonchev–Trinajstić information content (AvgIpc) is 2.62. The van der Waals surface area contributed by atoms with Crippen LogP contribution in [0.4, 0.5) is 0 Å². The van der Waals surface area contributed by atoms with Crippen LogP contribution in [0.1, 0.15) is 34.5 Å². The van der Waals surface area contributed by atoms with Gasteiger partial charge in [0, 0.05) is 24.8 Å². The fraction of sp³-hybridized carbons (Fsp3) is 0.278. The van der Waals surface area contributed by atoms with Crippen molar-refractivity contribution < 1.29 is 9.90 Å². The Balaban J connectivity index is 1.71. The van der Waals surface area contributed by atoms with Crippen molar-refractivity contribution in [1.29, 1.82) is 5.26 Å². The van der Waals surface area contributed by atoms with E-state index >= 15 is 0 Å². The molecule has 1 saturated heterocycles. The number of hydrogen-bond donors (Lipinski definition) is 1. The van der Waals surface area contributed by atoms with Gasteiger partial charge in [-0.3, -0.25) is 9.78 Å². The Bertz CT molecular complexity index is 744. The fourth-order valence-electron chi connectivity index (χ4n) is 2.88. The summed E-state index contributed by atoms with van der Waals surface area (Å²) in [6.45, 7) is 0.922. The summed E-state index contributed by atoms with van der Waals surface area (Å²) >= 11 is 0. The van der Waals surface area contributed by atoms with E-state index in [0.717, 1.165) is 0 Å². The van der Waals surface area contributed by atoms with Gasteiger partial charge in [0.2, 0.25) is 0 Å². The normalized spacial score (nSPS) is 16.6. The fourth-order valence-corrected chi connectivity index (χ4v) is 2.88. The topological polar surface area (TPSA) is 77.2 Å². The molecule has 1 aliphatic rings. The maximum Gasteiger partial charge on any atom is 0.253 e. The van der Waals surface area contributed by atoms with Crippen LogP contribution in [0.2, 0.25) is 0 Å². The van der Waals surface area contributed by atoms with Crippen LogP contribution in [-0.4, -0.2) is 34.0 Å². The van der Waals surface area contributed by atoms with Gasteiger partial charge in [-0.05, 0) is 43.2 Å². The summed E-state index contributed by atoms with van der Waals surface area (Å²) in [5, 5.41) is 19.7. The first kappa shape index (κ1) is 15.2. The smallest absolute Gasteiger partial charge is 0.253 e. The molecule has 0 radical (unpaired) electrons. The molecule has 2 heterocycles. The highest BCUT2D eigenvalue weighted by molar-refractivity contribution is 5.94. The van der Waals surface area contributed by atoms with Gasteiger partial charge in [0.25, 0.3) is 5.91 Å². The van der Waals surface area contributed by atoms with Crippen LogP contribution in [0.25, 0.3) is 0 Å². The zero-order chi connectivity index (χ0) is 16.3. The number of pyridine rings is 1. The first-order chi connectivity index (χ1) is 11.1. The van der Waals surface area contributed by atoms with Gasteiger partial charge >= 0.3 is 0 Å². The molecule has 0 saturated carbocycles. The lowest BCUT2D eigenvalue weighted by atomic mass is 9.87. The third-order valence-corrected chi connectivity index (χ3v) is 4.26. The van der Waals surface area contributed by atoms with Gasteiger partial charge < -0.3 is 10.0 Å².